The van der Waals surface area contributed by atoms with Crippen LogP contribution in [0.4, 0.5) is 0 Å². The first kappa shape index (κ1) is 13.6. The first-order valence-corrected chi connectivity index (χ1v) is 7.47. The van der Waals surface area contributed by atoms with E-state index in [1.165, 1.54) is 0 Å². The van der Waals surface area contributed by atoms with Crippen LogP contribution < -0.4 is 10.5 Å². The van der Waals surface area contributed by atoms with Crippen molar-refractivity contribution >= 4 is 10.8 Å². The maximum atomic E-state index is 12.5. The quantitative estimate of drug-likeness (QED) is 0.914. The third kappa shape index (κ3) is 2.45. The molecule has 0 amide bonds. The van der Waals surface area contributed by atoms with Crippen molar-refractivity contribution in [3.63, 3.8) is 0 Å². The highest BCUT2D eigenvalue weighted by Gasteiger charge is 2.42. The Bertz CT molecular complexity index is 442. The van der Waals surface area contributed by atoms with Gasteiger partial charge in [0.25, 0.3) is 0 Å². The molecule has 3 nitrogen and oxygen atoms in total. The van der Waals surface area contributed by atoms with Crippen LogP contribution in [0.3, 0.4) is 0 Å². The largest absolute Gasteiger partial charge is 0.497 e. The number of hydrogen-bond donors (Lipinski definition) is 1. The standard InChI is InChI=1S/C14H21NO2S/c1-14(2)9-8-12(13(14)15)18(16)11-6-4-10(17-3)5-7-11/h4-7,12-13H,8-9,15H2,1-3H3. The SMILES string of the molecule is COc1ccc(S(=O)C2CCC(C)(C)C2N)cc1. The van der Waals surface area contributed by atoms with Crippen molar-refractivity contribution in [2.45, 2.75) is 42.9 Å². The number of benzene rings is 1. The Morgan fingerprint density at radius 1 is 1.33 bits per heavy atom. The monoisotopic (exact) mass is 267 g/mol. The van der Waals surface area contributed by atoms with Crippen LogP contribution in [0.25, 0.3) is 0 Å². The normalized spacial score (nSPS) is 28.0. The summed E-state index contributed by atoms with van der Waals surface area (Å²) in [6, 6.07) is 7.43. The lowest BCUT2D eigenvalue weighted by atomic mass is 9.88. The van der Waals surface area contributed by atoms with Gasteiger partial charge < -0.3 is 10.5 Å². The second kappa shape index (κ2) is 5.02. The van der Waals surface area contributed by atoms with Gasteiger partial charge in [0.1, 0.15) is 5.75 Å². The third-order valence-corrected chi connectivity index (χ3v) is 5.76. The molecule has 0 bridgehead atoms. The Hall–Kier alpha value is -0.870. The molecule has 1 saturated carbocycles. The van der Waals surface area contributed by atoms with Gasteiger partial charge in [0.2, 0.25) is 0 Å². The van der Waals surface area contributed by atoms with E-state index in [-0.39, 0.29) is 16.7 Å². The Kier molecular flexibility index (Phi) is 3.78. The fourth-order valence-electron chi connectivity index (χ4n) is 2.49. The molecule has 0 aliphatic heterocycles. The average molecular weight is 267 g/mol. The van der Waals surface area contributed by atoms with Gasteiger partial charge in [0.15, 0.2) is 0 Å². The van der Waals surface area contributed by atoms with Gasteiger partial charge in [-0.15, -0.1) is 0 Å². The van der Waals surface area contributed by atoms with E-state index < -0.39 is 10.8 Å². The van der Waals surface area contributed by atoms with Gasteiger partial charge in [-0.2, -0.15) is 0 Å². The predicted octanol–water partition coefficient (Wildman–Crippen LogP) is 2.32. The van der Waals surface area contributed by atoms with E-state index in [1.54, 1.807) is 7.11 Å². The first-order valence-electron chi connectivity index (χ1n) is 6.26. The van der Waals surface area contributed by atoms with Crippen molar-refractivity contribution in [1.29, 1.82) is 0 Å². The molecule has 0 aromatic heterocycles. The predicted molar refractivity (Wildman–Crippen MR) is 74.2 cm³/mol. The van der Waals surface area contributed by atoms with Gasteiger partial charge >= 0.3 is 0 Å². The van der Waals surface area contributed by atoms with Crippen LogP contribution in [0.5, 0.6) is 5.75 Å². The minimum absolute atomic E-state index is 0.000403. The molecule has 1 aromatic carbocycles. The summed E-state index contributed by atoms with van der Waals surface area (Å²) in [5.41, 5.74) is 6.32. The highest BCUT2D eigenvalue weighted by atomic mass is 32.2. The van der Waals surface area contributed by atoms with Gasteiger partial charge in [0.05, 0.1) is 23.2 Å². The summed E-state index contributed by atoms with van der Waals surface area (Å²) in [6.07, 6.45) is 1.98. The summed E-state index contributed by atoms with van der Waals surface area (Å²) >= 11 is 0. The summed E-state index contributed by atoms with van der Waals surface area (Å²) in [6.45, 7) is 4.31. The number of methoxy groups -OCH3 is 1. The van der Waals surface area contributed by atoms with Gasteiger partial charge in [-0.1, -0.05) is 13.8 Å². The number of nitrogens with two attached hydrogens (primary N) is 1. The molecular formula is C14H21NO2S. The zero-order valence-corrected chi connectivity index (χ0v) is 12.0. The van der Waals surface area contributed by atoms with Gasteiger partial charge in [-0.05, 0) is 42.5 Å². The molecular weight excluding hydrogens is 246 g/mol. The van der Waals surface area contributed by atoms with Crippen molar-refractivity contribution in [3.8, 4) is 5.75 Å². The van der Waals surface area contributed by atoms with Crippen molar-refractivity contribution in [3.05, 3.63) is 24.3 Å². The molecule has 0 spiro atoms. The molecule has 4 heteroatoms. The molecule has 1 aliphatic carbocycles. The highest BCUT2D eigenvalue weighted by molar-refractivity contribution is 7.85. The fraction of sp³-hybridized carbons (Fsp3) is 0.571. The summed E-state index contributed by atoms with van der Waals surface area (Å²) < 4.78 is 17.6. The van der Waals surface area contributed by atoms with E-state index in [4.69, 9.17) is 10.5 Å². The van der Waals surface area contributed by atoms with Crippen molar-refractivity contribution in [2.24, 2.45) is 11.1 Å². The van der Waals surface area contributed by atoms with E-state index in [0.717, 1.165) is 23.5 Å². The van der Waals surface area contributed by atoms with Crippen LogP contribution in [-0.2, 0) is 10.8 Å². The highest BCUT2D eigenvalue weighted by Crippen LogP contribution is 2.39. The first-order chi connectivity index (χ1) is 8.45. The second-order valence-electron chi connectivity index (χ2n) is 5.56. The molecule has 0 radical (unpaired) electrons. The van der Waals surface area contributed by atoms with Crippen molar-refractivity contribution in [1.82, 2.24) is 0 Å². The van der Waals surface area contributed by atoms with Crippen LogP contribution >= 0.6 is 0 Å². The van der Waals surface area contributed by atoms with E-state index in [2.05, 4.69) is 13.8 Å². The van der Waals surface area contributed by atoms with Crippen molar-refractivity contribution in [2.75, 3.05) is 7.11 Å². The van der Waals surface area contributed by atoms with Crippen molar-refractivity contribution < 1.29 is 8.95 Å². The van der Waals surface area contributed by atoms with Gasteiger partial charge in [-0.25, -0.2) is 0 Å². The summed E-state index contributed by atoms with van der Waals surface area (Å²) in [5, 5.41) is 0.0633. The molecule has 3 unspecified atom stereocenters. The molecule has 3 atom stereocenters. The molecule has 1 fully saturated rings. The van der Waals surface area contributed by atoms with E-state index >= 15 is 0 Å². The van der Waals surface area contributed by atoms with E-state index in [1.807, 2.05) is 24.3 Å². The van der Waals surface area contributed by atoms with Crippen LogP contribution in [0.15, 0.2) is 29.2 Å². The molecule has 2 N–H and O–H groups in total. The minimum atomic E-state index is -1.03. The van der Waals surface area contributed by atoms with Gasteiger partial charge in [0, 0.05) is 10.9 Å². The summed E-state index contributed by atoms with van der Waals surface area (Å²) in [7, 11) is 0.600. The van der Waals surface area contributed by atoms with Crippen LogP contribution in [-0.4, -0.2) is 22.6 Å². The zero-order chi connectivity index (χ0) is 13.3. The molecule has 0 heterocycles. The summed E-state index contributed by atoms with van der Waals surface area (Å²) in [5.74, 6) is 0.784. The van der Waals surface area contributed by atoms with E-state index in [0.29, 0.717) is 0 Å². The Labute approximate surface area is 111 Å². The Morgan fingerprint density at radius 2 is 1.94 bits per heavy atom. The summed E-state index contributed by atoms with van der Waals surface area (Å²) in [4.78, 5) is 0.842. The molecule has 18 heavy (non-hydrogen) atoms. The Balaban J connectivity index is 2.16. The number of hydrogen-bond acceptors (Lipinski definition) is 3. The third-order valence-electron chi connectivity index (χ3n) is 3.94. The molecule has 1 aromatic rings. The lowest BCUT2D eigenvalue weighted by Gasteiger charge is -2.26. The van der Waals surface area contributed by atoms with Crippen LogP contribution in [0.2, 0.25) is 0 Å². The molecule has 0 saturated heterocycles. The lowest BCUT2D eigenvalue weighted by Crippen LogP contribution is -2.41. The molecule has 100 valence electrons. The van der Waals surface area contributed by atoms with Gasteiger partial charge in [-0.3, -0.25) is 4.21 Å². The maximum Gasteiger partial charge on any atom is 0.118 e. The number of rotatable bonds is 3. The smallest absolute Gasteiger partial charge is 0.118 e. The minimum Gasteiger partial charge on any atom is -0.497 e. The van der Waals surface area contributed by atoms with E-state index in [9.17, 15) is 4.21 Å². The number of ether oxygens (including phenoxy) is 1. The maximum absolute atomic E-state index is 12.5. The zero-order valence-electron chi connectivity index (χ0n) is 11.2. The average Bonchev–Trinajstić information content (AvgIpc) is 2.64. The Morgan fingerprint density at radius 3 is 2.39 bits per heavy atom. The fourth-order valence-corrected chi connectivity index (χ4v) is 4.21. The molecule has 1 aliphatic rings. The second-order valence-corrected chi connectivity index (χ2v) is 7.24. The molecule has 2 rings (SSSR count). The van der Waals surface area contributed by atoms with Crippen LogP contribution in [0.1, 0.15) is 26.7 Å². The van der Waals surface area contributed by atoms with Crippen LogP contribution in [0, 0.1) is 5.41 Å². The lowest BCUT2D eigenvalue weighted by molar-refractivity contribution is 0.334. The topological polar surface area (TPSA) is 52.3 Å².